The lowest BCUT2D eigenvalue weighted by molar-refractivity contribution is 0.0993. The molecule has 192 valence electrons. The van der Waals surface area contributed by atoms with Crippen LogP contribution >= 0.6 is 0 Å². The molecule has 2 aromatic carbocycles. The van der Waals surface area contributed by atoms with Gasteiger partial charge in [-0.2, -0.15) is 0 Å². The summed E-state index contributed by atoms with van der Waals surface area (Å²) in [5, 5.41) is 13.6. The highest BCUT2D eigenvalue weighted by molar-refractivity contribution is 5.98. The highest BCUT2D eigenvalue weighted by Gasteiger charge is 2.11. The van der Waals surface area contributed by atoms with E-state index in [9.17, 15) is 14.4 Å². The number of rotatable bonds is 9. The van der Waals surface area contributed by atoms with Gasteiger partial charge in [0, 0.05) is 23.4 Å². The summed E-state index contributed by atoms with van der Waals surface area (Å²) in [5.41, 5.74) is 2.50. The first-order valence-electron chi connectivity index (χ1n) is 12.1. The van der Waals surface area contributed by atoms with Gasteiger partial charge in [-0.25, -0.2) is 9.59 Å². The van der Waals surface area contributed by atoms with Gasteiger partial charge in [0.1, 0.15) is 0 Å². The number of carbonyl (C=O) groups excluding carboxylic acids is 2. The van der Waals surface area contributed by atoms with E-state index in [4.69, 9.17) is 9.84 Å². The molecule has 0 fully saturated rings. The minimum Gasteiger partial charge on any atom is -0.465 e. The molecule has 0 aliphatic carbocycles. The summed E-state index contributed by atoms with van der Waals surface area (Å²) in [7, 11) is 0. The molecule has 0 saturated heterocycles. The maximum absolute atomic E-state index is 12.4. The largest absolute Gasteiger partial charge is 0.465 e. The molecule has 0 aliphatic heterocycles. The van der Waals surface area contributed by atoms with E-state index in [0.29, 0.717) is 23.5 Å². The molecule has 2 aromatic rings. The molecule has 2 amide bonds. The Labute approximate surface area is 209 Å². The summed E-state index contributed by atoms with van der Waals surface area (Å²) in [5.74, 6) is 0.797. The lowest BCUT2D eigenvalue weighted by atomic mass is 9.91. The summed E-state index contributed by atoms with van der Waals surface area (Å²) >= 11 is 0. The zero-order valence-corrected chi connectivity index (χ0v) is 21.8. The molecular weight excluding hydrogens is 444 g/mol. The number of carboxylic acid groups (broad SMARTS) is 1. The van der Waals surface area contributed by atoms with Crippen molar-refractivity contribution in [2.24, 2.45) is 11.3 Å². The van der Waals surface area contributed by atoms with Gasteiger partial charge in [0.05, 0.1) is 6.61 Å². The summed E-state index contributed by atoms with van der Waals surface area (Å²) in [6.07, 6.45) is 1.63. The van der Waals surface area contributed by atoms with E-state index in [1.54, 1.807) is 48.5 Å². The Kier molecular flexibility index (Phi) is 12.6. The van der Waals surface area contributed by atoms with Crippen molar-refractivity contribution in [2.75, 3.05) is 17.2 Å². The predicted octanol–water partition coefficient (Wildman–Crippen LogP) is 7.63. The fourth-order valence-corrected chi connectivity index (χ4v) is 2.78. The van der Waals surface area contributed by atoms with Crippen molar-refractivity contribution < 1.29 is 24.2 Å². The molecule has 3 N–H and O–H groups in total. The lowest BCUT2D eigenvalue weighted by Crippen LogP contribution is -2.15. The minimum atomic E-state index is -1.16. The second-order valence-corrected chi connectivity index (χ2v) is 10.0. The topological polar surface area (TPSA) is 105 Å². The molecule has 0 radical (unpaired) electrons. The van der Waals surface area contributed by atoms with Crippen LogP contribution in [-0.2, 0) is 11.2 Å². The number of ether oxygens (including phenoxy) is 1. The molecule has 7 nitrogen and oxygen atoms in total. The van der Waals surface area contributed by atoms with Crippen molar-refractivity contribution in [3.8, 4) is 0 Å². The lowest BCUT2D eigenvalue weighted by Gasteiger charge is -2.17. The van der Waals surface area contributed by atoms with Crippen molar-refractivity contribution in [3.05, 3.63) is 59.7 Å². The van der Waals surface area contributed by atoms with Gasteiger partial charge in [-0.3, -0.25) is 15.4 Å². The summed E-state index contributed by atoms with van der Waals surface area (Å²) < 4.78 is 5.18. The second-order valence-electron chi connectivity index (χ2n) is 10.0. The Balaban J connectivity index is 0.00000111. The average molecular weight is 485 g/mol. The van der Waals surface area contributed by atoms with Crippen LogP contribution in [0.15, 0.2) is 48.5 Å². The molecule has 0 heterocycles. The molecule has 0 aliphatic rings. The number of amides is 2. The minimum absolute atomic E-state index is 0.0872. The summed E-state index contributed by atoms with van der Waals surface area (Å²) in [6, 6.07) is 13.2. The van der Waals surface area contributed by atoms with Crippen molar-refractivity contribution in [1.82, 2.24) is 0 Å². The van der Waals surface area contributed by atoms with E-state index in [1.807, 2.05) is 0 Å². The zero-order chi connectivity index (χ0) is 26.4. The van der Waals surface area contributed by atoms with E-state index in [0.717, 1.165) is 24.3 Å². The maximum Gasteiger partial charge on any atom is 0.411 e. The molecule has 0 atom stereocenters. The van der Waals surface area contributed by atoms with E-state index < -0.39 is 12.2 Å². The van der Waals surface area contributed by atoms with Crippen LogP contribution in [0.4, 0.5) is 21.0 Å². The van der Waals surface area contributed by atoms with Gasteiger partial charge in [0.2, 0.25) is 0 Å². The van der Waals surface area contributed by atoms with Gasteiger partial charge in [0.25, 0.3) is 0 Å². The monoisotopic (exact) mass is 484 g/mol. The van der Waals surface area contributed by atoms with E-state index in [2.05, 4.69) is 52.2 Å². The first kappa shape index (κ1) is 29.7. The van der Waals surface area contributed by atoms with Gasteiger partial charge in [-0.15, -0.1) is 0 Å². The van der Waals surface area contributed by atoms with Crippen molar-refractivity contribution in [2.45, 2.75) is 67.2 Å². The Morgan fingerprint density at radius 2 is 1.43 bits per heavy atom. The van der Waals surface area contributed by atoms with Gasteiger partial charge >= 0.3 is 12.2 Å². The Morgan fingerprint density at radius 1 is 0.914 bits per heavy atom. The molecule has 2 rings (SSSR count). The highest BCUT2D eigenvalue weighted by Crippen LogP contribution is 2.20. The Bertz CT molecular complexity index is 929. The number of anilines is 2. The van der Waals surface area contributed by atoms with E-state index in [1.165, 1.54) is 6.42 Å². The summed E-state index contributed by atoms with van der Waals surface area (Å²) in [6.45, 7) is 13.4. The average Bonchev–Trinajstić information content (AvgIpc) is 2.78. The van der Waals surface area contributed by atoms with E-state index in [-0.39, 0.29) is 17.6 Å². The smallest absolute Gasteiger partial charge is 0.411 e. The number of benzene rings is 2. The maximum atomic E-state index is 12.4. The van der Waals surface area contributed by atoms with Crippen LogP contribution in [0.2, 0.25) is 0 Å². The zero-order valence-electron chi connectivity index (χ0n) is 21.8. The number of Topliss-reactive ketones (excluding diaryl/α,β-unsaturated/α-hetero) is 1. The molecule has 35 heavy (non-hydrogen) atoms. The van der Waals surface area contributed by atoms with Crippen LogP contribution in [-0.4, -0.2) is 29.7 Å². The Hall–Kier alpha value is -3.35. The quantitative estimate of drug-likeness (QED) is 0.251. The molecule has 7 heteroatoms. The fourth-order valence-electron chi connectivity index (χ4n) is 2.78. The van der Waals surface area contributed by atoms with Crippen LogP contribution in [0.5, 0.6) is 0 Å². The number of ketones is 1. The number of nitrogens with one attached hydrogen (secondary N) is 2. The molecule has 0 aromatic heterocycles. The second kappa shape index (κ2) is 14.8. The molecule has 0 bridgehead atoms. The van der Waals surface area contributed by atoms with Gasteiger partial charge in [-0.1, -0.05) is 60.1 Å². The van der Waals surface area contributed by atoms with Crippen LogP contribution in [0, 0.1) is 11.3 Å². The van der Waals surface area contributed by atoms with Crippen LogP contribution in [0.3, 0.4) is 0 Å². The number of carbonyl (C=O) groups is 3. The first-order valence-corrected chi connectivity index (χ1v) is 12.1. The third-order valence-corrected chi connectivity index (χ3v) is 5.14. The van der Waals surface area contributed by atoms with Crippen molar-refractivity contribution >= 4 is 29.3 Å². The van der Waals surface area contributed by atoms with Gasteiger partial charge in [-0.05, 0) is 66.1 Å². The predicted molar refractivity (Wildman–Crippen MR) is 141 cm³/mol. The molecule has 0 spiro atoms. The third kappa shape index (κ3) is 13.8. The standard InChI is InChI=1S/C23H28N2O5.C5H12/c1-23(2,3)13-4-14-30-22(29)25-19-9-5-16(6-10-19)15-20(26)17-7-11-18(12-8-17)24-21(27)28;1-4-5(2)3/h5-12,24H,4,13-15H2,1-3H3,(H,25,29)(H,27,28);5H,4H2,1-3H3. The Morgan fingerprint density at radius 3 is 1.91 bits per heavy atom. The SMILES string of the molecule is CC(C)(C)CCCOC(=O)Nc1ccc(CC(=O)c2ccc(NC(=O)O)cc2)cc1.CCC(C)C. The van der Waals surface area contributed by atoms with Crippen LogP contribution in [0.1, 0.15) is 76.7 Å². The fraction of sp³-hybridized carbons (Fsp3) is 0.464. The van der Waals surface area contributed by atoms with Crippen LogP contribution in [0.25, 0.3) is 0 Å². The number of hydrogen-bond donors (Lipinski definition) is 3. The highest BCUT2D eigenvalue weighted by atomic mass is 16.5. The first-order chi connectivity index (χ1) is 16.4. The van der Waals surface area contributed by atoms with Gasteiger partial charge < -0.3 is 9.84 Å². The van der Waals surface area contributed by atoms with Crippen LogP contribution < -0.4 is 10.6 Å². The number of hydrogen-bond acceptors (Lipinski definition) is 4. The third-order valence-electron chi connectivity index (χ3n) is 5.14. The van der Waals surface area contributed by atoms with Gasteiger partial charge in [0.15, 0.2) is 5.78 Å². The normalized spacial score (nSPS) is 10.7. The van der Waals surface area contributed by atoms with E-state index >= 15 is 0 Å². The molecular formula is C28H40N2O5. The van der Waals surface area contributed by atoms with Crippen molar-refractivity contribution in [1.29, 1.82) is 0 Å². The summed E-state index contributed by atoms with van der Waals surface area (Å²) in [4.78, 5) is 34.9. The molecule has 0 saturated carbocycles. The van der Waals surface area contributed by atoms with Crippen molar-refractivity contribution in [3.63, 3.8) is 0 Å². The molecule has 0 unspecified atom stereocenters.